The highest BCUT2D eigenvalue weighted by molar-refractivity contribution is 5.08. The molecule has 2 fully saturated rings. The van der Waals surface area contributed by atoms with E-state index < -0.39 is 11.6 Å². The Balaban J connectivity index is 2.02. The van der Waals surface area contributed by atoms with Crippen LogP contribution in [-0.4, -0.2) is 22.8 Å². The molecule has 0 aromatic rings. The number of rotatable bonds is 2. The van der Waals surface area contributed by atoms with Crippen LogP contribution < -0.4 is 0 Å². The fraction of sp³-hybridized carbons (Fsp3) is 1.00. The van der Waals surface area contributed by atoms with E-state index >= 15 is 0 Å². The van der Waals surface area contributed by atoms with Gasteiger partial charge in [0.15, 0.2) is 11.6 Å². The predicted octanol–water partition coefficient (Wildman–Crippen LogP) is 2.05. The van der Waals surface area contributed by atoms with Crippen LogP contribution in [0.3, 0.4) is 0 Å². The van der Waals surface area contributed by atoms with Crippen molar-refractivity contribution < 1.29 is 14.2 Å². The van der Waals surface area contributed by atoms with Crippen molar-refractivity contribution in [1.29, 1.82) is 0 Å². The summed E-state index contributed by atoms with van der Waals surface area (Å²) in [6.07, 6.45) is 0. The van der Waals surface area contributed by atoms with Crippen LogP contribution in [0.25, 0.3) is 0 Å². The molecule has 13 heavy (non-hydrogen) atoms. The molecule has 2 unspecified atom stereocenters. The number of hydrogen-bond acceptors (Lipinski definition) is 3. The van der Waals surface area contributed by atoms with Crippen molar-refractivity contribution in [3.8, 4) is 0 Å². The number of hydrogen-bond donors (Lipinski definition) is 0. The molecule has 0 radical (unpaired) electrons. The Bertz CT molecular complexity index is 233. The van der Waals surface area contributed by atoms with E-state index in [1.807, 2.05) is 41.5 Å². The Morgan fingerprint density at radius 2 is 0.923 bits per heavy atom. The number of epoxide rings is 2. The molecule has 0 bridgehead atoms. The van der Waals surface area contributed by atoms with Gasteiger partial charge in [-0.1, -0.05) is 0 Å². The highest BCUT2D eigenvalue weighted by Crippen LogP contribution is 2.57. The standard InChI is InChI=1S/C10H18O3/c1-7(2)9(5,11-7)13-10(6)8(3,4)12-10/h1-6H3. The average molecular weight is 186 g/mol. The van der Waals surface area contributed by atoms with Gasteiger partial charge in [0.25, 0.3) is 0 Å². The summed E-state index contributed by atoms with van der Waals surface area (Å²) in [5.41, 5.74) is -0.365. The third kappa shape index (κ3) is 1.14. The minimum Gasteiger partial charge on any atom is -0.336 e. The smallest absolute Gasteiger partial charge is 0.198 e. The van der Waals surface area contributed by atoms with E-state index in [2.05, 4.69) is 0 Å². The Kier molecular flexibility index (Phi) is 1.41. The lowest BCUT2D eigenvalue weighted by Gasteiger charge is -2.16. The Morgan fingerprint density at radius 1 is 0.692 bits per heavy atom. The highest BCUT2D eigenvalue weighted by atomic mass is 16.9. The van der Waals surface area contributed by atoms with E-state index in [-0.39, 0.29) is 11.2 Å². The van der Waals surface area contributed by atoms with E-state index in [9.17, 15) is 0 Å². The Labute approximate surface area is 79.4 Å². The van der Waals surface area contributed by atoms with Gasteiger partial charge in [-0.3, -0.25) is 0 Å². The molecular weight excluding hydrogens is 168 g/mol. The molecule has 2 atom stereocenters. The molecule has 2 aliphatic heterocycles. The molecule has 0 amide bonds. The van der Waals surface area contributed by atoms with Gasteiger partial charge >= 0.3 is 0 Å². The van der Waals surface area contributed by atoms with E-state index in [0.29, 0.717) is 0 Å². The average Bonchev–Trinajstić information content (AvgIpc) is 2.43. The van der Waals surface area contributed by atoms with Crippen molar-refractivity contribution >= 4 is 0 Å². The molecule has 0 aromatic heterocycles. The molecule has 0 aliphatic carbocycles. The summed E-state index contributed by atoms with van der Waals surface area (Å²) in [6.45, 7) is 12.0. The summed E-state index contributed by atoms with van der Waals surface area (Å²) in [6, 6.07) is 0. The second-order valence-electron chi connectivity index (χ2n) is 5.22. The van der Waals surface area contributed by atoms with E-state index in [1.165, 1.54) is 0 Å². The van der Waals surface area contributed by atoms with Crippen LogP contribution in [-0.2, 0) is 14.2 Å². The van der Waals surface area contributed by atoms with Crippen LogP contribution in [0.1, 0.15) is 41.5 Å². The molecule has 2 rings (SSSR count). The van der Waals surface area contributed by atoms with Gasteiger partial charge in [-0.05, 0) is 41.5 Å². The molecule has 0 spiro atoms. The third-order valence-electron chi connectivity index (χ3n) is 3.39. The van der Waals surface area contributed by atoms with Gasteiger partial charge in [0.1, 0.15) is 11.2 Å². The first-order valence-electron chi connectivity index (χ1n) is 4.72. The van der Waals surface area contributed by atoms with Gasteiger partial charge in [0.05, 0.1) is 0 Å². The molecular formula is C10H18O3. The SMILES string of the molecule is CC1(C)OC1(C)OC1(C)OC1(C)C. The van der Waals surface area contributed by atoms with Crippen molar-refractivity contribution in [2.75, 3.05) is 0 Å². The van der Waals surface area contributed by atoms with Crippen molar-refractivity contribution in [2.24, 2.45) is 0 Å². The molecule has 0 N–H and O–H groups in total. The molecule has 3 heteroatoms. The lowest BCUT2D eigenvalue weighted by atomic mass is 10.1. The molecule has 0 saturated carbocycles. The molecule has 76 valence electrons. The summed E-state index contributed by atoms with van der Waals surface area (Å²) in [7, 11) is 0. The maximum atomic E-state index is 5.83. The van der Waals surface area contributed by atoms with Crippen LogP contribution in [0.5, 0.6) is 0 Å². The number of ether oxygens (including phenoxy) is 3. The Hall–Kier alpha value is -0.120. The molecule has 0 aromatic carbocycles. The monoisotopic (exact) mass is 186 g/mol. The maximum absolute atomic E-state index is 5.83. The first-order valence-corrected chi connectivity index (χ1v) is 4.72. The summed E-state index contributed by atoms with van der Waals surface area (Å²) in [5.74, 6) is -0.953. The quantitative estimate of drug-likeness (QED) is 0.619. The minimum atomic E-state index is -0.477. The molecule has 2 heterocycles. The second kappa shape index (κ2) is 1.95. The second-order valence-corrected chi connectivity index (χ2v) is 5.22. The summed E-state index contributed by atoms with van der Waals surface area (Å²) in [4.78, 5) is 0. The molecule has 3 nitrogen and oxygen atoms in total. The molecule has 2 aliphatic rings. The van der Waals surface area contributed by atoms with Gasteiger partial charge in [-0.2, -0.15) is 0 Å². The van der Waals surface area contributed by atoms with Gasteiger partial charge in [0, 0.05) is 0 Å². The van der Waals surface area contributed by atoms with Gasteiger partial charge in [-0.25, -0.2) is 0 Å². The van der Waals surface area contributed by atoms with E-state index in [4.69, 9.17) is 14.2 Å². The van der Waals surface area contributed by atoms with Crippen LogP contribution in [0.15, 0.2) is 0 Å². The van der Waals surface area contributed by atoms with E-state index in [0.717, 1.165) is 0 Å². The summed E-state index contributed by atoms with van der Waals surface area (Å²) in [5, 5.41) is 0. The van der Waals surface area contributed by atoms with Crippen molar-refractivity contribution in [2.45, 2.75) is 64.3 Å². The van der Waals surface area contributed by atoms with Gasteiger partial charge in [0.2, 0.25) is 0 Å². The van der Waals surface area contributed by atoms with Crippen molar-refractivity contribution in [3.63, 3.8) is 0 Å². The normalized spacial score (nSPS) is 50.3. The highest BCUT2D eigenvalue weighted by Gasteiger charge is 2.72. The third-order valence-corrected chi connectivity index (χ3v) is 3.39. The van der Waals surface area contributed by atoms with Crippen LogP contribution in [0, 0.1) is 0 Å². The lowest BCUT2D eigenvalue weighted by molar-refractivity contribution is -0.133. The maximum Gasteiger partial charge on any atom is 0.198 e. The zero-order valence-electron chi connectivity index (χ0n) is 9.22. The van der Waals surface area contributed by atoms with Gasteiger partial charge < -0.3 is 14.2 Å². The van der Waals surface area contributed by atoms with Gasteiger partial charge in [-0.15, -0.1) is 0 Å². The lowest BCUT2D eigenvalue weighted by Crippen LogP contribution is -2.31. The van der Waals surface area contributed by atoms with Crippen molar-refractivity contribution in [1.82, 2.24) is 0 Å². The minimum absolute atomic E-state index is 0.182. The predicted molar refractivity (Wildman–Crippen MR) is 48.2 cm³/mol. The van der Waals surface area contributed by atoms with E-state index in [1.54, 1.807) is 0 Å². The fourth-order valence-corrected chi connectivity index (χ4v) is 1.58. The van der Waals surface area contributed by atoms with Crippen LogP contribution in [0.4, 0.5) is 0 Å². The summed E-state index contributed by atoms with van der Waals surface area (Å²) >= 11 is 0. The first-order chi connectivity index (χ1) is 5.62. The van der Waals surface area contributed by atoms with Crippen LogP contribution in [0.2, 0.25) is 0 Å². The van der Waals surface area contributed by atoms with Crippen LogP contribution >= 0.6 is 0 Å². The summed E-state index contributed by atoms with van der Waals surface area (Å²) < 4.78 is 16.8. The zero-order chi connectivity index (χ0) is 10.1. The largest absolute Gasteiger partial charge is 0.336 e. The first kappa shape index (κ1) is 9.44. The van der Waals surface area contributed by atoms with Crippen molar-refractivity contribution in [3.05, 3.63) is 0 Å². The molecule has 2 saturated heterocycles. The Morgan fingerprint density at radius 3 is 1.08 bits per heavy atom. The zero-order valence-corrected chi connectivity index (χ0v) is 9.22. The fourth-order valence-electron chi connectivity index (χ4n) is 1.58. The topological polar surface area (TPSA) is 34.3 Å².